The summed E-state index contributed by atoms with van der Waals surface area (Å²) in [4.78, 5) is 37.4. The summed E-state index contributed by atoms with van der Waals surface area (Å²) in [6.45, 7) is 0.748. The zero-order valence-corrected chi connectivity index (χ0v) is 18.5. The summed E-state index contributed by atoms with van der Waals surface area (Å²) >= 11 is 1.36. The molecule has 2 amide bonds. The van der Waals surface area contributed by atoms with E-state index in [1.165, 1.54) is 11.3 Å². The van der Waals surface area contributed by atoms with Gasteiger partial charge in [-0.05, 0) is 18.6 Å². The third-order valence-electron chi connectivity index (χ3n) is 5.25. The molecule has 2 atom stereocenters. The van der Waals surface area contributed by atoms with E-state index < -0.39 is 12.1 Å². The number of pyridine rings is 1. The Morgan fingerprint density at radius 2 is 2.18 bits per heavy atom. The molecule has 5 heterocycles. The van der Waals surface area contributed by atoms with Crippen molar-refractivity contribution < 1.29 is 19.4 Å². The number of amides is 2. The Morgan fingerprint density at radius 1 is 1.26 bits per heavy atom. The zero-order valence-electron chi connectivity index (χ0n) is 17.7. The number of anilines is 3. The highest BCUT2D eigenvalue weighted by atomic mass is 32.1. The molecule has 3 aromatic rings. The van der Waals surface area contributed by atoms with Crippen LogP contribution in [0.1, 0.15) is 16.8 Å². The van der Waals surface area contributed by atoms with Crippen molar-refractivity contribution in [1.29, 1.82) is 0 Å². The number of hydrogen-bond acceptors (Lipinski definition) is 11. The van der Waals surface area contributed by atoms with Crippen LogP contribution in [0.15, 0.2) is 42.2 Å². The average Bonchev–Trinajstić information content (AvgIpc) is 3.50. The predicted octanol–water partition coefficient (Wildman–Crippen LogP) is 1.48. The second-order valence-corrected chi connectivity index (χ2v) is 8.41. The molecule has 6 N–H and O–H groups in total. The SMILES string of the molecule is O=C(O)N[C@H]1COCC[C@H]1Nc1ncc2scc(C(=O)Nc3cccc(N4C=CNN4)n3)c2n1. The van der Waals surface area contributed by atoms with Crippen molar-refractivity contribution in [2.45, 2.75) is 18.5 Å². The summed E-state index contributed by atoms with van der Waals surface area (Å²) in [5, 5.41) is 20.9. The van der Waals surface area contributed by atoms with Crippen molar-refractivity contribution in [3.63, 3.8) is 0 Å². The molecule has 0 aromatic carbocycles. The van der Waals surface area contributed by atoms with Crippen LogP contribution in [0.4, 0.5) is 22.4 Å². The highest BCUT2D eigenvalue weighted by Crippen LogP contribution is 2.26. The molecular weight excluding hydrogens is 462 g/mol. The quantitative estimate of drug-likeness (QED) is 0.301. The number of ether oxygens (including phenoxy) is 1. The number of thiophene rings is 1. The van der Waals surface area contributed by atoms with Crippen molar-refractivity contribution in [2.75, 3.05) is 28.9 Å². The van der Waals surface area contributed by atoms with E-state index in [9.17, 15) is 9.59 Å². The largest absolute Gasteiger partial charge is 0.465 e. The van der Waals surface area contributed by atoms with Gasteiger partial charge >= 0.3 is 6.09 Å². The first-order valence-corrected chi connectivity index (χ1v) is 11.3. The van der Waals surface area contributed by atoms with Crippen molar-refractivity contribution in [1.82, 2.24) is 31.2 Å². The molecule has 0 aliphatic carbocycles. The topological polar surface area (TPSA) is 166 Å². The fraction of sp³-hybridized carbons (Fsp3) is 0.250. The fourth-order valence-corrected chi connectivity index (χ4v) is 4.48. The van der Waals surface area contributed by atoms with Crippen LogP contribution in [0.5, 0.6) is 0 Å². The lowest BCUT2D eigenvalue weighted by atomic mass is 10.0. The molecule has 0 saturated carbocycles. The predicted molar refractivity (Wildman–Crippen MR) is 125 cm³/mol. The number of aromatic nitrogens is 3. The maximum absolute atomic E-state index is 13.0. The lowest BCUT2D eigenvalue weighted by Crippen LogP contribution is -2.52. The van der Waals surface area contributed by atoms with E-state index >= 15 is 0 Å². The average molecular weight is 484 g/mol. The number of hydrazine groups is 2. The molecule has 2 aliphatic rings. The first-order valence-electron chi connectivity index (χ1n) is 10.4. The molecule has 13 nitrogen and oxygen atoms in total. The van der Waals surface area contributed by atoms with Crippen LogP contribution >= 0.6 is 11.3 Å². The minimum Gasteiger partial charge on any atom is -0.465 e. The molecule has 176 valence electrons. The molecular formula is C20H21N9O4S. The van der Waals surface area contributed by atoms with Gasteiger partial charge in [0.1, 0.15) is 5.82 Å². The Hall–Kier alpha value is -4.01. The van der Waals surface area contributed by atoms with Gasteiger partial charge in [-0.3, -0.25) is 4.79 Å². The molecule has 14 heteroatoms. The molecule has 0 radical (unpaired) electrons. The minimum absolute atomic E-state index is 0.243. The Balaban J connectivity index is 1.34. The van der Waals surface area contributed by atoms with E-state index in [1.54, 1.807) is 47.2 Å². The summed E-state index contributed by atoms with van der Waals surface area (Å²) in [6.07, 6.45) is 4.59. The van der Waals surface area contributed by atoms with Crippen LogP contribution in [-0.2, 0) is 4.74 Å². The van der Waals surface area contributed by atoms with Crippen LogP contribution in [-0.4, -0.2) is 57.4 Å². The maximum Gasteiger partial charge on any atom is 0.405 e. The van der Waals surface area contributed by atoms with E-state index in [0.717, 1.165) is 4.70 Å². The maximum atomic E-state index is 13.0. The minimum atomic E-state index is -1.12. The van der Waals surface area contributed by atoms with Gasteiger partial charge in [-0.1, -0.05) is 6.07 Å². The van der Waals surface area contributed by atoms with Crippen LogP contribution in [0.3, 0.4) is 0 Å². The van der Waals surface area contributed by atoms with Gasteiger partial charge in [-0.15, -0.1) is 16.9 Å². The summed E-state index contributed by atoms with van der Waals surface area (Å²) in [6, 6.07) is 4.61. The second kappa shape index (κ2) is 9.46. The van der Waals surface area contributed by atoms with E-state index in [-0.39, 0.29) is 18.6 Å². The lowest BCUT2D eigenvalue weighted by Gasteiger charge is -2.31. The van der Waals surface area contributed by atoms with Gasteiger partial charge in [-0.25, -0.2) is 24.8 Å². The van der Waals surface area contributed by atoms with Crippen LogP contribution in [0.25, 0.3) is 10.2 Å². The highest BCUT2D eigenvalue weighted by molar-refractivity contribution is 7.17. The van der Waals surface area contributed by atoms with E-state index in [4.69, 9.17) is 9.84 Å². The summed E-state index contributed by atoms with van der Waals surface area (Å²) in [7, 11) is 0. The summed E-state index contributed by atoms with van der Waals surface area (Å²) < 4.78 is 6.13. The Kier molecular flexibility index (Phi) is 6.07. The third kappa shape index (κ3) is 4.68. The van der Waals surface area contributed by atoms with Gasteiger partial charge in [-0.2, -0.15) is 0 Å². The fourth-order valence-electron chi connectivity index (χ4n) is 3.64. The number of hydrogen-bond donors (Lipinski definition) is 6. The Bertz CT molecular complexity index is 1250. The standard InChI is InChI=1S/C20H21N9O4S/c30-18(26-15-2-1-3-16(25-15)29-6-5-22-28-29)11-10-34-14-8-21-19(27-17(11)14)23-12-4-7-33-9-13(12)24-20(31)32/h1-3,5-6,8,10,12-13,22,24,28H,4,7,9H2,(H,31,32)(H,21,23,27)(H,25,26,30)/t12-,13+/m1/s1. The number of carbonyl (C=O) groups is 2. The number of nitrogens with one attached hydrogen (secondary N) is 5. The molecule has 3 aromatic heterocycles. The van der Waals surface area contributed by atoms with Gasteiger partial charge in [0.05, 0.1) is 40.7 Å². The van der Waals surface area contributed by atoms with E-state index in [1.807, 2.05) is 0 Å². The van der Waals surface area contributed by atoms with Crippen LogP contribution in [0, 0.1) is 0 Å². The first-order chi connectivity index (χ1) is 16.6. The van der Waals surface area contributed by atoms with Crippen molar-refractivity contribution >= 4 is 51.1 Å². The van der Waals surface area contributed by atoms with Crippen molar-refractivity contribution in [2.24, 2.45) is 0 Å². The Labute approximate surface area is 197 Å². The molecule has 5 rings (SSSR count). The molecule has 0 unspecified atom stereocenters. The molecule has 34 heavy (non-hydrogen) atoms. The van der Waals surface area contributed by atoms with Gasteiger partial charge in [0.15, 0.2) is 5.82 Å². The third-order valence-corrected chi connectivity index (χ3v) is 6.16. The van der Waals surface area contributed by atoms with Crippen LogP contribution in [0.2, 0.25) is 0 Å². The van der Waals surface area contributed by atoms with E-state index in [2.05, 4.69) is 41.9 Å². The molecule has 0 spiro atoms. The molecule has 2 aliphatic heterocycles. The molecule has 1 fully saturated rings. The first kappa shape index (κ1) is 21.8. The van der Waals surface area contributed by atoms with E-state index in [0.29, 0.717) is 41.7 Å². The van der Waals surface area contributed by atoms with Crippen LogP contribution < -0.4 is 31.9 Å². The van der Waals surface area contributed by atoms with Gasteiger partial charge < -0.3 is 31.2 Å². The van der Waals surface area contributed by atoms with Gasteiger partial charge in [0.2, 0.25) is 5.95 Å². The number of rotatable bonds is 6. The summed E-state index contributed by atoms with van der Waals surface area (Å²) in [5.74, 6) is 0.953. The van der Waals surface area contributed by atoms with Gasteiger partial charge in [0.25, 0.3) is 5.91 Å². The number of carboxylic acid groups (broad SMARTS) is 1. The highest BCUT2D eigenvalue weighted by Gasteiger charge is 2.28. The molecule has 0 bridgehead atoms. The van der Waals surface area contributed by atoms with Crippen molar-refractivity contribution in [3.8, 4) is 0 Å². The Morgan fingerprint density at radius 3 is 3.00 bits per heavy atom. The molecule has 1 saturated heterocycles. The zero-order chi connectivity index (χ0) is 23.5. The second-order valence-electron chi connectivity index (χ2n) is 7.50. The number of fused-ring (bicyclic) bond motifs is 1. The summed E-state index contributed by atoms with van der Waals surface area (Å²) in [5.41, 5.74) is 6.61. The van der Waals surface area contributed by atoms with Crippen molar-refractivity contribution in [3.05, 3.63) is 47.7 Å². The number of nitrogens with zero attached hydrogens (tertiary/aromatic N) is 4. The monoisotopic (exact) mass is 483 g/mol. The normalized spacial score (nSPS) is 19.6. The van der Waals surface area contributed by atoms with Gasteiger partial charge in [0, 0.05) is 24.4 Å². The smallest absolute Gasteiger partial charge is 0.405 e. The number of carbonyl (C=O) groups excluding carboxylic acids is 1. The lowest BCUT2D eigenvalue weighted by molar-refractivity contribution is 0.0625.